The van der Waals surface area contributed by atoms with Gasteiger partial charge in [0.1, 0.15) is 41.2 Å². The van der Waals surface area contributed by atoms with Crippen molar-refractivity contribution in [2.75, 3.05) is 13.7 Å². The SMILES string of the molecule is CO[C@@H]1[C@@H](n2cc(-c3cc(F)c(F)c(F)c3)nn2)[C@@H](O)[C@@H](CO)O[C@@H]1CC1=NOC2(CCC(NC(=O)OC(C)(C)C)CC2)C1. The van der Waals surface area contributed by atoms with E-state index >= 15 is 0 Å². The van der Waals surface area contributed by atoms with Gasteiger partial charge in [-0.3, -0.25) is 0 Å². The first-order valence-corrected chi connectivity index (χ1v) is 14.6. The summed E-state index contributed by atoms with van der Waals surface area (Å²) in [6, 6.07) is 0.662. The summed E-state index contributed by atoms with van der Waals surface area (Å²) in [6.07, 6.45) is 0.698. The molecule has 44 heavy (non-hydrogen) atoms. The smallest absolute Gasteiger partial charge is 0.407 e. The largest absolute Gasteiger partial charge is 0.444 e. The van der Waals surface area contributed by atoms with E-state index in [1.165, 1.54) is 18.0 Å². The number of carbonyl (C=O) groups excluding carboxylic acids is 1. The summed E-state index contributed by atoms with van der Waals surface area (Å²) < 4.78 is 59.6. The van der Waals surface area contributed by atoms with Crippen LogP contribution < -0.4 is 5.32 Å². The van der Waals surface area contributed by atoms with Gasteiger partial charge in [-0.2, -0.15) is 0 Å². The molecule has 0 radical (unpaired) electrons. The van der Waals surface area contributed by atoms with Gasteiger partial charge in [0.2, 0.25) is 0 Å². The van der Waals surface area contributed by atoms with Crippen LogP contribution in [0.1, 0.15) is 65.3 Å². The number of aliphatic hydroxyl groups is 2. The molecule has 5 atom stereocenters. The lowest BCUT2D eigenvalue weighted by molar-refractivity contribution is -0.210. The molecule has 0 unspecified atom stereocenters. The average Bonchev–Trinajstić information content (AvgIpc) is 3.60. The number of amides is 1. The summed E-state index contributed by atoms with van der Waals surface area (Å²) in [5.74, 6) is -4.35. The van der Waals surface area contributed by atoms with Crippen molar-refractivity contribution < 1.29 is 47.2 Å². The molecular formula is C29H38F3N5O7. The molecule has 1 aromatic heterocycles. The maximum absolute atomic E-state index is 13.8. The Morgan fingerprint density at radius 3 is 2.48 bits per heavy atom. The second-order valence-corrected chi connectivity index (χ2v) is 12.6. The number of aliphatic hydroxyl groups excluding tert-OH is 2. The minimum Gasteiger partial charge on any atom is -0.444 e. The molecule has 5 rings (SSSR count). The summed E-state index contributed by atoms with van der Waals surface area (Å²) in [6.45, 7) is 4.93. The van der Waals surface area contributed by atoms with Crippen LogP contribution in [0.25, 0.3) is 11.3 Å². The highest BCUT2D eigenvalue weighted by atomic mass is 19.2. The van der Waals surface area contributed by atoms with E-state index in [1.54, 1.807) is 0 Å². The van der Waals surface area contributed by atoms with Crippen molar-refractivity contribution in [2.24, 2.45) is 5.16 Å². The number of hydrogen-bond acceptors (Lipinski definition) is 10. The van der Waals surface area contributed by atoms with Crippen LogP contribution in [0, 0.1) is 17.5 Å². The molecule has 1 saturated carbocycles. The highest BCUT2D eigenvalue weighted by molar-refractivity contribution is 5.86. The molecule has 242 valence electrons. The number of alkyl carbamates (subject to hydrolysis) is 1. The van der Waals surface area contributed by atoms with Gasteiger partial charge in [0.15, 0.2) is 17.5 Å². The van der Waals surface area contributed by atoms with Crippen LogP contribution >= 0.6 is 0 Å². The number of nitrogens with one attached hydrogen (secondary N) is 1. The molecular weight excluding hydrogens is 587 g/mol. The Bertz CT molecular complexity index is 1350. The van der Waals surface area contributed by atoms with E-state index in [2.05, 4.69) is 20.8 Å². The predicted molar refractivity (Wildman–Crippen MR) is 149 cm³/mol. The first-order chi connectivity index (χ1) is 20.8. The lowest BCUT2D eigenvalue weighted by atomic mass is 9.78. The van der Waals surface area contributed by atoms with Crippen LogP contribution in [-0.2, 0) is 19.0 Å². The Hall–Kier alpha value is -3.27. The third-order valence-corrected chi connectivity index (χ3v) is 8.28. The normalized spacial score (nSPS) is 30.6. The first kappa shape index (κ1) is 32.1. The molecule has 1 saturated heterocycles. The summed E-state index contributed by atoms with van der Waals surface area (Å²) >= 11 is 0. The Balaban J connectivity index is 1.25. The minimum absolute atomic E-state index is 0.0364. The van der Waals surface area contributed by atoms with Crippen molar-refractivity contribution in [3.8, 4) is 11.3 Å². The van der Waals surface area contributed by atoms with E-state index in [9.17, 15) is 28.2 Å². The first-order valence-electron chi connectivity index (χ1n) is 14.6. The minimum atomic E-state index is -1.60. The summed E-state index contributed by atoms with van der Waals surface area (Å²) in [4.78, 5) is 18.1. The molecule has 1 aliphatic carbocycles. The van der Waals surface area contributed by atoms with E-state index in [1.807, 2.05) is 20.8 Å². The lowest BCUT2D eigenvalue weighted by Crippen LogP contribution is -2.57. The molecule has 2 aliphatic heterocycles. The summed E-state index contributed by atoms with van der Waals surface area (Å²) in [7, 11) is 1.44. The fraction of sp³-hybridized carbons (Fsp3) is 0.655. The van der Waals surface area contributed by atoms with E-state index in [-0.39, 0.29) is 23.7 Å². The standard InChI is InChI=1S/C29H38F3N5O7/c1-28(2,3)43-27(40)33-16-5-7-29(8-6-16)12-17(35-44-29)11-21-26(41-4)24(25(39)22(14-38)42-21)37-13-20(34-36-37)15-9-18(30)23(32)19(31)10-15/h9-10,13,16,21-22,24-26,38-39H,5-8,11-12,14H2,1-4H3,(H,33,40)/t16?,21-,22-,24+,25+,26+,29?/m1/s1. The number of aromatic nitrogens is 3. The maximum atomic E-state index is 13.8. The van der Waals surface area contributed by atoms with Gasteiger partial charge < -0.3 is 34.6 Å². The number of carbonyl (C=O) groups is 1. The predicted octanol–water partition coefficient (Wildman–Crippen LogP) is 3.41. The number of halogens is 3. The van der Waals surface area contributed by atoms with Crippen LogP contribution in [0.4, 0.5) is 18.0 Å². The van der Waals surface area contributed by atoms with E-state index < -0.39 is 71.8 Å². The number of oxime groups is 1. The Morgan fingerprint density at radius 2 is 1.86 bits per heavy atom. The quantitative estimate of drug-likeness (QED) is 0.394. The Kier molecular flexibility index (Phi) is 9.21. The number of nitrogens with zero attached hydrogens (tertiary/aromatic N) is 4. The monoisotopic (exact) mass is 625 g/mol. The third-order valence-electron chi connectivity index (χ3n) is 8.28. The molecule has 3 heterocycles. The molecule has 1 spiro atoms. The van der Waals surface area contributed by atoms with Crippen molar-refractivity contribution in [1.82, 2.24) is 20.3 Å². The van der Waals surface area contributed by atoms with Crippen LogP contribution in [0.15, 0.2) is 23.5 Å². The van der Waals surface area contributed by atoms with Crippen molar-refractivity contribution in [3.63, 3.8) is 0 Å². The Labute approximate surface area is 252 Å². The zero-order chi connectivity index (χ0) is 31.8. The van der Waals surface area contributed by atoms with Gasteiger partial charge in [-0.25, -0.2) is 22.6 Å². The van der Waals surface area contributed by atoms with Crippen molar-refractivity contribution >= 4 is 11.8 Å². The molecule has 0 bridgehead atoms. The molecule has 1 amide bonds. The molecule has 1 aromatic carbocycles. The van der Waals surface area contributed by atoms with Gasteiger partial charge >= 0.3 is 6.09 Å². The van der Waals surface area contributed by atoms with Crippen molar-refractivity contribution in [3.05, 3.63) is 35.8 Å². The fourth-order valence-electron chi connectivity index (χ4n) is 6.16. The van der Waals surface area contributed by atoms with Crippen molar-refractivity contribution in [1.29, 1.82) is 0 Å². The van der Waals surface area contributed by atoms with Crippen LogP contribution in [-0.4, -0.2) is 92.4 Å². The summed E-state index contributed by atoms with van der Waals surface area (Å²) in [5, 5.41) is 36.4. The molecule has 2 fully saturated rings. The van der Waals surface area contributed by atoms with Gasteiger partial charge in [0.25, 0.3) is 0 Å². The van der Waals surface area contributed by atoms with E-state index in [0.717, 1.165) is 17.8 Å². The highest BCUT2D eigenvalue weighted by Crippen LogP contribution is 2.41. The van der Waals surface area contributed by atoms with E-state index in [4.69, 9.17) is 19.0 Å². The van der Waals surface area contributed by atoms with Crippen LogP contribution in [0.2, 0.25) is 0 Å². The zero-order valence-corrected chi connectivity index (χ0v) is 25.0. The second-order valence-electron chi connectivity index (χ2n) is 12.6. The second kappa shape index (κ2) is 12.6. The van der Waals surface area contributed by atoms with Crippen LogP contribution in [0.5, 0.6) is 0 Å². The number of ether oxygens (including phenoxy) is 3. The van der Waals surface area contributed by atoms with Gasteiger partial charge in [0.05, 0.1) is 24.6 Å². The third kappa shape index (κ3) is 6.85. The molecule has 12 nitrogen and oxygen atoms in total. The highest BCUT2D eigenvalue weighted by Gasteiger charge is 2.49. The van der Waals surface area contributed by atoms with Gasteiger partial charge in [-0.15, -0.1) is 5.10 Å². The Morgan fingerprint density at radius 1 is 1.18 bits per heavy atom. The molecule has 15 heteroatoms. The summed E-state index contributed by atoms with van der Waals surface area (Å²) in [5.41, 5.74) is -0.369. The van der Waals surface area contributed by atoms with E-state index in [0.29, 0.717) is 32.1 Å². The van der Waals surface area contributed by atoms with Crippen LogP contribution in [0.3, 0.4) is 0 Å². The van der Waals surface area contributed by atoms with Gasteiger partial charge in [-0.05, 0) is 58.6 Å². The topological polar surface area (TPSA) is 150 Å². The molecule has 3 N–H and O–H groups in total. The fourth-order valence-corrected chi connectivity index (χ4v) is 6.16. The number of rotatable bonds is 7. The average molecular weight is 626 g/mol. The van der Waals surface area contributed by atoms with Gasteiger partial charge in [0, 0.05) is 31.6 Å². The molecule has 2 aromatic rings. The lowest BCUT2D eigenvalue weighted by Gasteiger charge is -2.43. The number of methoxy groups -OCH3 is 1. The van der Waals surface area contributed by atoms with Crippen molar-refractivity contribution in [2.45, 2.75) is 107 Å². The number of benzene rings is 1. The maximum Gasteiger partial charge on any atom is 0.407 e. The van der Waals surface area contributed by atoms with Gasteiger partial charge in [-0.1, -0.05) is 10.4 Å². The molecule has 3 aliphatic rings. The zero-order valence-electron chi connectivity index (χ0n) is 25.0. The number of hydrogen-bond donors (Lipinski definition) is 3.